The minimum atomic E-state index is -1.81. The Hall–Kier alpha value is -2.88. The molecular formula is C17H14N4O2. The first kappa shape index (κ1) is 15.0. The maximum Gasteiger partial charge on any atom is 0.215 e. The van der Waals surface area contributed by atoms with E-state index in [2.05, 4.69) is 0 Å². The highest BCUT2D eigenvalue weighted by Crippen LogP contribution is 2.66. The molecule has 2 bridgehead atoms. The smallest absolute Gasteiger partial charge is 0.215 e. The lowest BCUT2D eigenvalue weighted by Gasteiger charge is -2.60. The summed E-state index contributed by atoms with van der Waals surface area (Å²) >= 11 is 0. The predicted octanol–water partition coefficient (Wildman–Crippen LogP) is 2.66. The van der Waals surface area contributed by atoms with Gasteiger partial charge in [0.2, 0.25) is 11.7 Å². The highest BCUT2D eigenvalue weighted by atomic mass is 16.7. The minimum absolute atomic E-state index is 0.385. The van der Waals surface area contributed by atoms with Gasteiger partial charge in [0.25, 0.3) is 0 Å². The van der Waals surface area contributed by atoms with Crippen molar-refractivity contribution < 1.29 is 9.47 Å². The van der Waals surface area contributed by atoms with Crippen LogP contribution in [0, 0.1) is 56.2 Å². The number of nitrogens with one attached hydrogen (secondary N) is 1. The number of ether oxygens (including phenoxy) is 2. The molecule has 1 N–H and O–H groups in total. The number of fused-ring (bicyclic) bond motifs is 3. The Morgan fingerprint density at radius 2 is 1.70 bits per heavy atom. The number of rotatable bonds is 1. The fourth-order valence-corrected chi connectivity index (χ4v) is 3.60. The molecule has 6 heteroatoms. The molecule has 4 rings (SSSR count). The molecular weight excluding hydrogens is 292 g/mol. The molecule has 114 valence electrons. The summed E-state index contributed by atoms with van der Waals surface area (Å²) in [4.78, 5) is 0. The average molecular weight is 306 g/mol. The maximum absolute atomic E-state index is 9.91. The summed E-state index contributed by atoms with van der Waals surface area (Å²) in [6, 6.07) is 14.9. The number of hydrogen-bond acceptors (Lipinski definition) is 6. The van der Waals surface area contributed by atoms with Crippen molar-refractivity contribution in [3.8, 4) is 18.2 Å². The monoisotopic (exact) mass is 306 g/mol. The number of nitrogens with zero attached hydrogens (tertiary/aromatic N) is 3. The Kier molecular flexibility index (Phi) is 2.98. The lowest BCUT2D eigenvalue weighted by Crippen LogP contribution is -2.71. The zero-order chi connectivity index (χ0) is 16.9. The zero-order valence-electron chi connectivity index (χ0n) is 12.7. The zero-order valence-corrected chi connectivity index (χ0v) is 12.7. The summed E-state index contributed by atoms with van der Waals surface area (Å²) in [7, 11) is 0. The second-order valence-corrected chi connectivity index (χ2v) is 6.03. The van der Waals surface area contributed by atoms with Crippen molar-refractivity contribution in [2.45, 2.75) is 25.7 Å². The topological polar surface area (TPSA) is 114 Å². The van der Waals surface area contributed by atoms with Gasteiger partial charge in [-0.2, -0.15) is 15.8 Å². The van der Waals surface area contributed by atoms with Gasteiger partial charge in [0.15, 0.2) is 10.8 Å². The third-order valence-corrected chi connectivity index (χ3v) is 5.10. The van der Waals surface area contributed by atoms with Gasteiger partial charge >= 0.3 is 0 Å². The van der Waals surface area contributed by atoms with Gasteiger partial charge in [0.1, 0.15) is 6.10 Å². The Morgan fingerprint density at radius 1 is 1.09 bits per heavy atom. The summed E-state index contributed by atoms with van der Waals surface area (Å²) in [5, 5.41) is 37.8. The molecule has 0 aromatic heterocycles. The van der Waals surface area contributed by atoms with Crippen LogP contribution in [0.15, 0.2) is 30.3 Å². The molecule has 0 saturated carbocycles. The van der Waals surface area contributed by atoms with Gasteiger partial charge in [-0.15, -0.1) is 0 Å². The van der Waals surface area contributed by atoms with Gasteiger partial charge in [-0.25, -0.2) is 0 Å². The van der Waals surface area contributed by atoms with E-state index in [9.17, 15) is 15.8 Å². The predicted molar refractivity (Wildman–Crippen MR) is 78.4 cm³/mol. The second kappa shape index (κ2) is 4.56. The van der Waals surface area contributed by atoms with E-state index in [-0.39, 0.29) is 5.90 Å². The Labute approximate surface area is 134 Å². The van der Waals surface area contributed by atoms with Crippen molar-refractivity contribution in [1.29, 1.82) is 21.2 Å². The third kappa shape index (κ3) is 1.50. The van der Waals surface area contributed by atoms with Crippen molar-refractivity contribution in [2.75, 3.05) is 0 Å². The molecule has 23 heavy (non-hydrogen) atoms. The normalized spacial score (nSPS) is 37.1. The molecule has 0 radical (unpaired) electrons. The van der Waals surface area contributed by atoms with Crippen molar-refractivity contribution in [3.05, 3.63) is 35.9 Å². The van der Waals surface area contributed by atoms with E-state index in [1.165, 1.54) is 0 Å². The fraction of sp³-hybridized carbons (Fsp3) is 0.412. The minimum Gasteiger partial charge on any atom is -0.448 e. The van der Waals surface area contributed by atoms with Gasteiger partial charge < -0.3 is 9.47 Å². The first-order valence-electron chi connectivity index (χ1n) is 7.16. The van der Waals surface area contributed by atoms with Crippen LogP contribution in [0.1, 0.15) is 25.5 Å². The highest BCUT2D eigenvalue weighted by molar-refractivity contribution is 5.88. The van der Waals surface area contributed by atoms with Crippen molar-refractivity contribution >= 4 is 5.90 Å². The van der Waals surface area contributed by atoms with E-state index in [0.717, 1.165) is 0 Å². The lowest BCUT2D eigenvalue weighted by molar-refractivity contribution is -0.338. The molecule has 0 unspecified atom stereocenters. The van der Waals surface area contributed by atoms with E-state index >= 15 is 0 Å². The number of nitriles is 3. The van der Waals surface area contributed by atoms with Crippen LogP contribution in [0.25, 0.3) is 0 Å². The van der Waals surface area contributed by atoms with Crippen LogP contribution in [0.5, 0.6) is 0 Å². The molecule has 0 aliphatic carbocycles. The SMILES string of the molecule is C[C@@H]1C(C#N)(C#N)[C@]2(C#N)C(=N)O[C@@]1(C)O[C@@H]2c1ccccc1. The van der Waals surface area contributed by atoms with Crippen molar-refractivity contribution in [3.63, 3.8) is 0 Å². The Bertz CT molecular complexity index is 787. The van der Waals surface area contributed by atoms with Crippen LogP contribution in [0.4, 0.5) is 0 Å². The number of hydrogen-bond donors (Lipinski definition) is 1. The van der Waals surface area contributed by atoms with E-state index in [4.69, 9.17) is 14.9 Å². The van der Waals surface area contributed by atoms with Crippen molar-refractivity contribution in [2.24, 2.45) is 16.7 Å². The molecule has 1 aromatic carbocycles. The van der Waals surface area contributed by atoms with E-state index in [1.807, 2.05) is 24.3 Å². The Balaban J connectivity index is 2.35. The Morgan fingerprint density at radius 3 is 2.22 bits per heavy atom. The van der Waals surface area contributed by atoms with Crippen LogP contribution < -0.4 is 0 Å². The number of benzene rings is 1. The summed E-state index contributed by atoms with van der Waals surface area (Å²) in [6.45, 7) is 3.25. The quantitative estimate of drug-likeness (QED) is 0.856. The standard InChI is InChI=1S/C17H14N4O2/c1-11-15(2)22-13(12-6-4-3-5-7-12)17(10-20,14(21)23-15)16(11,8-18)9-19/h3-7,11,13,21H,1-2H3/t11-,13+,15+,17-/m0/s1. The molecule has 3 aliphatic heterocycles. The first-order valence-corrected chi connectivity index (χ1v) is 7.16. The average Bonchev–Trinajstić information content (AvgIpc) is 2.57. The van der Waals surface area contributed by atoms with E-state index in [1.54, 1.807) is 38.1 Å². The molecule has 4 atom stereocenters. The van der Waals surface area contributed by atoms with Gasteiger partial charge in [0, 0.05) is 6.92 Å². The molecule has 3 heterocycles. The molecule has 0 amide bonds. The fourth-order valence-electron chi connectivity index (χ4n) is 3.60. The summed E-state index contributed by atoms with van der Waals surface area (Å²) < 4.78 is 11.5. The van der Waals surface area contributed by atoms with Gasteiger partial charge in [-0.1, -0.05) is 37.3 Å². The summed E-state index contributed by atoms with van der Waals surface area (Å²) in [5.41, 5.74) is -2.91. The van der Waals surface area contributed by atoms with Crippen LogP contribution in [-0.4, -0.2) is 11.7 Å². The molecule has 3 aliphatic rings. The van der Waals surface area contributed by atoms with Gasteiger partial charge in [-0.05, 0) is 5.56 Å². The van der Waals surface area contributed by atoms with Gasteiger partial charge in [-0.3, -0.25) is 5.41 Å². The second-order valence-electron chi connectivity index (χ2n) is 6.03. The summed E-state index contributed by atoms with van der Waals surface area (Å²) in [5.74, 6) is -2.40. The highest BCUT2D eigenvalue weighted by Gasteiger charge is 2.77. The van der Waals surface area contributed by atoms with E-state index in [0.29, 0.717) is 5.56 Å². The third-order valence-electron chi connectivity index (χ3n) is 5.10. The van der Waals surface area contributed by atoms with E-state index < -0.39 is 28.6 Å². The van der Waals surface area contributed by atoms with Crippen LogP contribution >= 0.6 is 0 Å². The molecule has 1 aromatic rings. The van der Waals surface area contributed by atoms with Crippen LogP contribution in [0.2, 0.25) is 0 Å². The molecule has 0 spiro atoms. The maximum atomic E-state index is 9.91. The van der Waals surface area contributed by atoms with Crippen LogP contribution in [0.3, 0.4) is 0 Å². The van der Waals surface area contributed by atoms with Gasteiger partial charge in [0.05, 0.1) is 24.1 Å². The summed E-state index contributed by atoms with van der Waals surface area (Å²) in [6.07, 6.45) is -0.921. The first-order chi connectivity index (χ1) is 10.9. The molecule has 3 saturated heterocycles. The molecule has 6 nitrogen and oxygen atoms in total. The van der Waals surface area contributed by atoms with Crippen LogP contribution in [-0.2, 0) is 9.47 Å². The largest absolute Gasteiger partial charge is 0.448 e. The lowest BCUT2D eigenvalue weighted by atomic mass is 9.51. The van der Waals surface area contributed by atoms with Crippen molar-refractivity contribution in [1.82, 2.24) is 0 Å². The molecule has 3 fully saturated rings.